The first-order valence-corrected chi connectivity index (χ1v) is 9.10. The van der Waals surface area contributed by atoms with Gasteiger partial charge in [-0.1, -0.05) is 0 Å². The van der Waals surface area contributed by atoms with Crippen molar-refractivity contribution in [2.24, 2.45) is 5.92 Å². The van der Waals surface area contributed by atoms with Gasteiger partial charge in [-0.25, -0.2) is 0 Å². The van der Waals surface area contributed by atoms with Crippen LogP contribution in [0, 0.1) is 19.8 Å². The largest absolute Gasteiger partial charge is 0.497 e. The highest BCUT2D eigenvalue weighted by molar-refractivity contribution is 6.01. The summed E-state index contributed by atoms with van der Waals surface area (Å²) in [6.45, 7) is 4.74. The molecule has 142 valence electrons. The number of nitrogens with one attached hydrogen (secondary N) is 2. The number of benzene rings is 1. The summed E-state index contributed by atoms with van der Waals surface area (Å²) in [7, 11) is 1.63. The number of methoxy groups -OCH3 is 1. The summed E-state index contributed by atoms with van der Waals surface area (Å²) in [6.07, 6.45) is 0.105. The molecule has 1 fully saturated rings. The van der Waals surface area contributed by atoms with Gasteiger partial charge in [-0.05, 0) is 50.1 Å². The third-order valence-corrected chi connectivity index (χ3v) is 5.40. The molecular weight excluding hydrogens is 344 g/mol. The number of aromatic amines is 2. The van der Waals surface area contributed by atoms with Crippen molar-refractivity contribution in [2.75, 3.05) is 20.2 Å². The molecule has 1 aliphatic heterocycles. The molecule has 7 heteroatoms. The molecule has 4 rings (SSSR count). The number of carbonyl (C=O) groups excluding carboxylic acids is 1. The van der Waals surface area contributed by atoms with E-state index in [4.69, 9.17) is 4.74 Å². The fourth-order valence-electron chi connectivity index (χ4n) is 3.87. The SMILES string of the molecule is COc1ccc2[nH]c(C(=O)N3C[C@@H](Cc4cc(C)[nH]n4)[C@H](O)C3)c(C)c2c1. The zero-order valence-electron chi connectivity index (χ0n) is 15.7. The average Bonchev–Trinajstić information content (AvgIpc) is 3.33. The lowest BCUT2D eigenvalue weighted by Gasteiger charge is -2.15. The van der Waals surface area contributed by atoms with Crippen LogP contribution in [0.5, 0.6) is 5.75 Å². The maximum atomic E-state index is 13.1. The number of nitrogens with zero attached hydrogens (tertiary/aromatic N) is 2. The molecule has 3 N–H and O–H groups in total. The van der Waals surface area contributed by atoms with Crippen LogP contribution in [0.3, 0.4) is 0 Å². The van der Waals surface area contributed by atoms with Gasteiger partial charge in [0.25, 0.3) is 5.91 Å². The minimum atomic E-state index is -0.546. The summed E-state index contributed by atoms with van der Waals surface area (Å²) < 4.78 is 5.28. The van der Waals surface area contributed by atoms with Gasteiger partial charge >= 0.3 is 0 Å². The molecule has 0 bridgehead atoms. The molecule has 0 saturated carbocycles. The summed E-state index contributed by atoms with van der Waals surface area (Å²) in [5, 5.41) is 18.6. The maximum absolute atomic E-state index is 13.1. The van der Waals surface area contributed by atoms with Gasteiger partial charge in [0.15, 0.2) is 0 Å². The van der Waals surface area contributed by atoms with E-state index >= 15 is 0 Å². The van der Waals surface area contributed by atoms with Crippen molar-refractivity contribution >= 4 is 16.8 Å². The Morgan fingerprint density at radius 2 is 2.15 bits per heavy atom. The van der Waals surface area contributed by atoms with Gasteiger partial charge in [0.05, 0.1) is 18.9 Å². The van der Waals surface area contributed by atoms with E-state index < -0.39 is 6.10 Å². The van der Waals surface area contributed by atoms with Crippen LogP contribution in [0.1, 0.15) is 27.4 Å². The van der Waals surface area contributed by atoms with Crippen molar-refractivity contribution < 1.29 is 14.6 Å². The zero-order valence-corrected chi connectivity index (χ0v) is 15.7. The topological polar surface area (TPSA) is 94.2 Å². The summed E-state index contributed by atoms with van der Waals surface area (Å²) in [6, 6.07) is 7.69. The number of aliphatic hydroxyl groups excluding tert-OH is 1. The molecule has 1 saturated heterocycles. The Morgan fingerprint density at radius 1 is 1.33 bits per heavy atom. The number of aliphatic hydroxyl groups is 1. The van der Waals surface area contributed by atoms with E-state index in [1.54, 1.807) is 12.0 Å². The second-order valence-electron chi connectivity index (χ2n) is 7.32. The molecule has 2 atom stereocenters. The fraction of sp³-hybridized carbons (Fsp3) is 0.400. The van der Waals surface area contributed by atoms with Crippen LogP contribution >= 0.6 is 0 Å². The Kier molecular flexibility index (Phi) is 4.39. The molecule has 2 aromatic heterocycles. The van der Waals surface area contributed by atoms with Crippen LogP contribution in [0.2, 0.25) is 0 Å². The Balaban J connectivity index is 1.54. The van der Waals surface area contributed by atoms with Crippen LogP contribution in [-0.2, 0) is 6.42 Å². The van der Waals surface area contributed by atoms with Gasteiger partial charge in [0, 0.05) is 35.6 Å². The van der Waals surface area contributed by atoms with Crippen molar-refractivity contribution in [1.82, 2.24) is 20.1 Å². The predicted octanol–water partition coefficient (Wildman–Crippen LogP) is 2.19. The van der Waals surface area contributed by atoms with Crippen LogP contribution in [-0.4, -0.2) is 57.4 Å². The number of amides is 1. The number of ether oxygens (including phenoxy) is 1. The third kappa shape index (κ3) is 3.19. The van der Waals surface area contributed by atoms with Crippen LogP contribution in [0.4, 0.5) is 0 Å². The quantitative estimate of drug-likeness (QED) is 0.658. The number of hydrogen-bond donors (Lipinski definition) is 3. The molecule has 3 aromatic rings. The second-order valence-corrected chi connectivity index (χ2v) is 7.32. The number of H-pyrrole nitrogens is 2. The normalized spacial score (nSPS) is 19.8. The molecule has 27 heavy (non-hydrogen) atoms. The molecule has 3 heterocycles. The smallest absolute Gasteiger partial charge is 0.270 e. The number of hydrogen-bond acceptors (Lipinski definition) is 4. The van der Waals surface area contributed by atoms with Crippen LogP contribution < -0.4 is 4.74 Å². The molecule has 7 nitrogen and oxygen atoms in total. The number of aryl methyl sites for hydroxylation is 2. The average molecular weight is 368 g/mol. The van der Waals surface area contributed by atoms with Gasteiger partial charge in [-0.3, -0.25) is 9.89 Å². The highest BCUT2D eigenvalue weighted by Gasteiger charge is 2.35. The molecule has 0 unspecified atom stereocenters. The number of rotatable bonds is 4. The number of aromatic nitrogens is 3. The maximum Gasteiger partial charge on any atom is 0.270 e. The third-order valence-electron chi connectivity index (χ3n) is 5.40. The highest BCUT2D eigenvalue weighted by atomic mass is 16.5. The van der Waals surface area contributed by atoms with E-state index in [9.17, 15) is 9.90 Å². The lowest BCUT2D eigenvalue weighted by molar-refractivity contribution is 0.0759. The lowest BCUT2D eigenvalue weighted by atomic mass is 10.0. The number of β-amino-alcohol motifs (C(OH)–C–C–N with tert-alkyl or cyclic N) is 1. The van der Waals surface area contributed by atoms with Gasteiger partial charge < -0.3 is 19.7 Å². The van der Waals surface area contributed by atoms with E-state index in [1.165, 1.54) is 0 Å². The van der Waals surface area contributed by atoms with Gasteiger partial charge in [-0.2, -0.15) is 5.10 Å². The van der Waals surface area contributed by atoms with Crippen molar-refractivity contribution in [3.63, 3.8) is 0 Å². The molecule has 0 aliphatic carbocycles. The highest BCUT2D eigenvalue weighted by Crippen LogP contribution is 2.28. The molecule has 0 radical (unpaired) electrons. The monoisotopic (exact) mass is 368 g/mol. The Morgan fingerprint density at radius 3 is 2.85 bits per heavy atom. The van der Waals surface area contributed by atoms with E-state index in [1.807, 2.05) is 38.1 Å². The van der Waals surface area contributed by atoms with Crippen molar-refractivity contribution in [3.8, 4) is 5.75 Å². The van der Waals surface area contributed by atoms with Crippen molar-refractivity contribution in [2.45, 2.75) is 26.4 Å². The molecule has 1 aromatic carbocycles. The Hall–Kier alpha value is -2.80. The van der Waals surface area contributed by atoms with Crippen LogP contribution in [0.15, 0.2) is 24.3 Å². The fourth-order valence-corrected chi connectivity index (χ4v) is 3.87. The molecule has 1 amide bonds. The Labute approximate surface area is 157 Å². The lowest BCUT2D eigenvalue weighted by Crippen LogP contribution is -2.30. The summed E-state index contributed by atoms with van der Waals surface area (Å²) in [5.41, 5.74) is 4.28. The van der Waals surface area contributed by atoms with E-state index in [0.717, 1.165) is 33.6 Å². The molecule has 1 aliphatic rings. The predicted molar refractivity (Wildman–Crippen MR) is 102 cm³/mol. The van der Waals surface area contributed by atoms with Gasteiger partial charge in [0.1, 0.15) is 11.4 Å². The zero-order chi connectivity index (χ0) is 19.1. The molecular formula is C20H24N4O3. The minimum Gasteiger partial charge on any atom is -0.497 e. The minimum absolute atomic E-state index is 0.0126. The first-order chi connectivity index (χ1) is 13.0. The van der Waals surface area contributed by atoms with Crippen molar-refractivity contribution in [3.05, 3.63) is 46.9 Å². The summed E-state index contributed by atoms with van der Waals surface area (Å²) in [4.78, 5) is 18.0. The Bertz CT molecular complexity index is 990. The number of carbonyl (C=O) groups is 1. The summed E-state index contributed by atoms with van der Waals surface area (Å²) in [5.74, 6) is 0.665. The summed E-state index contributed by atoms with van der Waals surface area (Å²) >= 11 is 0. The van der Waals surface area contributed by atoms with E-state index in [2.05, 4.69) is 15.2 Å². The molecule has 0 spiro atoms. The van der Waals surface area contributed by atoms with Crippen molar-refractivity contribution in [1.29, 1.82) is 0 Å². The van der Waals surface area contributed by atoms with Gasteiger partial charge in [-0.15, -0.1) is 0 Å². The first-order valence-electron chi connectivity index (χ1n) is 9.10. The van der Waals surface area contributed by atoms with Crippen LogP contribution in [0.25, 0.3) is 10.9 Å². The van der Waals surface area contributed by atoms with E-state index in [0.29, 0.717) is 25.2 Å². The number of likely N-dealkylation sites (tertiary alicyclic amines) is 1. The standard InChI is InChI=1S/C20H24N4O3/c1-11-6-14(23-22-11)7-13-9-24(10-18(13)25)20(26)19-12(2)16-8-15(27-3)4-5-17(16)21-19/h4-6,8,13,18,21,25H,7,9-10H2,1-3H3,(H,22,23)/t13-,18-/m1/s1. The van der Waals surface area contributed by atoms with E-state index in [-0.39, 0.29) is 11.8 Å². The first kappa shape index (κ1) is 17.6. The number of fused-ring (bicyclic) bond motifs is 1. The second kappa shape index (κ2) is 6.74. The van der Waals surface area contributed by atoms with Gasteiger partial charge in [0.2, 0.25) is 0 Å².